The highest BCUT2D eigenvalue weighted by atomic mass is 35.5. The van der Waals surface area contributed by atoms with Gasteiger partial charge in [-0.05, 0) is 24.6 Å². The maximum atomic E-state index is 11.4. The molecular formula is C11H10ClN3O2. The second-order valence-corrected chi connectivity index (χ2v) is 3.69. The number of aryl methyl sites for hydroxylation is 1. The van der Waals surface area contributed by atoms with Gasteiger partial charge in [0.1, 0.15) is 6.54 Å². The molecule has 0 unspecified atom stereocenters. The molecule has 0 saturated heterocycles. The number of anilines is 1. The fourth-order valence-electron chi connectivity index (χ4n) is 1.11. The molecular weight excluding hydrogens is 242 g/mol. The van der Waals surface area contributed by atoms with E-state index in [2.05, 4.69) is 10.6 Å². The van der Waals surface area contributed by atoms with Crippen LogP contribution in [0.3, 0.4) is 0 Å². The van der Waals surface area contributed by atoms with Crippen LogP contribution in [0, 0.1) is 18.3 Å². The molecule has 0 spiro atoms. The lowest BCUT2D eigenvalue weighted by atomic mass is 10.2. The molecule has 1 rings (SSSR count). The van der Waals surface area contributed by atoms with Gasteiger partial charge in [-0.25, -0.2) is 0 Å². The molecule has 0 heterocycles. The lowest BCUT2D eigenvalue weighted by Gasteiger charge is -2.07. The van der Waals surface area contributed by atoms with Gasteiger partial charge < -0.3 is 10.6 Å². The van der Waals surface area contributed by atoms with Crippen LogP contribution in [0.1, 0.15) is 5.56 Å². The van der Waals surface area contributed by atoms with Gasteiger partial charge in [-0.15, -0.1) is 0 Å². The van der Waals surface area contributed by atoms with Crippen LogP contribution in [-0.4, -0.2) is 18.4 Å². The summed E-state index contributed by atoms with van der Waals surface area (Å²) in [5.41, 5.74) is 1.26. The molecule has 0 saturated carbocycles. The Morgan fingerprint density at radius 1 is 1.41 bits per heavy atom. The monoisotopic (exact) mass is 251 g/mol. The first kappa shape index (κ1) is 13.0. The minimum absolute atomic E-state index is 0.208. The lowest BCUT2D eigenvalue weighted by molar-refractivity contribution is -0.136. The van der Waals surface area contributed by atoms with E-state index in [1.165, 1.54) is 0 Å². The Morgan fingerprint density at radius 3 is 2.76 bits per heavy atom. The minimum atomic E-state index is -0.856. The number of nitriles is 1. The molecule has 17 heavy (non-hydrogen) atoms. The molecule has 5 nitrogen and oxygen atoms in total. The van der Waals surface area contributed by atoms with Crippen LogP contribution < -0.4 is 10.6 Å². The van der Waals surface area contributed by atoms with Crippen LogP contribution in [0.15, 0.2) is 18.2 Å². The second-order valence-electron chi connectivity index (χ2n) is 3.25. The molecule has 0 bridgehead atoms. The maximum Gasteiger partial charge on any atom is 0.313 e. The van der Waals surface area contributed by atoms with Crippen molar-refractivity contribution >= 4 is 29.1 Å². The van der Waals surface area contributed by atoms with Gasteiger partial charge in [0.25, 0.3) is 0 Å². The van der Waals surface area contributed by atoms with E-state index in [0.717, 1.165) is 5.56 Å². The van der Waals surface area contributed by atoms with Crippen molar-refractivity contribution < 1.29 is 9.59 Å². The summed E-state index contributed by atoms with van der Waals surface area (Å²) in [5.74, 6) is -1.68. The van der Waals surface area contributed by atoms with Crippen molar-refractivity contribution in [3.63, 3.8) is 0 Å². The standard InChI is InChI=1S/C11H10ClN3O2/c1-7-2-3-8(12)6-9(7)15-11(17)10(16)14-5-4-13/h2-3,6H,5H2,1H3,(H,14,16)(H,15,17). The van der Waals surface area contributed by atoms with E-state index in [0.29, 0.717) is 10.7 Å². The highest BCUT2D eigenvalue weighted by molar-refractivity contribution is 6.40. The predicted molar refractivity (Wildman–Crippen MR) is 63.4 cm³/mol. The summed E-state index contributed by atoms with van der Waals surface area (Å²) in [4.78, 5) is 22.6. The van der Waals surface area contributed by atoms with Gasteiger partial charge >= 0.3 is 11.8 Å². The zero-order valence-electron chi connectivity index (χ0n) is 9.08. The molecule has 1 aromatic rings. The number of benzene rings is 1. The summed E-state index contributed by atoms with van der Waals surface area (Å²) in [7, 11) is 0. The average molecular weight is 252 g/mol. The Balaban J connectivity index is 2.71. The molecule has 2 N–H and O–H groups in total. The maximum absolute atomic E-state index is 11.4. The summed E-state index contributed by atoms with van der Waals surface area (Å²) < 4.78 is 0. The van der Waals surface area contributed by atoms with Crippen LogP contribution in [0.25, 0.3) is 0 Å². The van der Waals surface area contributed by atoms with Crippen LogP contribution in [0.2, 0.25) is 5.02 Å². The largest absolute Gasteiger partial charge is 0.335 e. The molecule has 0 fully saturated rings. The number of hydrogen-bond donors (Lipinski definition) is 2. The second kappa shape index (κ2) is 5.87. The van der Waals surface area contributed by atoms with Crippen molar-refractivity contribution in [1.82, 2.24) is 5.32 Å². The van der Waals surface area contributed by atoms with E-state index in [4.69, 9.17) is 16.9 Å². The van der Waals surface area contributed by atoms with Gasteiger partial charge in [-0.1, -0.05) is 17.7 Å². The molecule has 0 aliphatic heterocycles. The average Bonchev–Trinajstić information content (AvgIpc) is 2.30. The van der Waals surface area contributed by atoms with Gasteiger partial charge in [0.2, 0.25) is 0 Å². The fourth-order valence-corrected chi connectivity index (χ4v) is 1.28. The highest BCUT2D eigenvalue weighted by Gasteiger charge is 2.13. The fraction of sp³-hybridized carbons (Fsp3) is 0.182. The van der Waals surface area contributed by atoms with Crippen molar-refractivity contribution in [3.8, 4) is 6.07 Å². The summed E-state index contributed by atoms with van der Waals surface area (Å²) in [6.07, 6.45) is 0. The predicted octanol–water partition coefficient (Wildman–Crippen LogP) is 1.23. The summed E-state index contributed by atoms with van der Waals surface area (Å²) in [6, 6.07) is 6.66. The third-order valence-electron chi connectivity index (χ3n) is 1.98. The third-order valence-corrected chi connectivity index (χ3v) is 2.22. The quantitative estimate of drug-likeness (QED) is 0.613. The van der Waals surface area contributed by atoms with Gasteiger partial charge in [0.15, 0.2) is 0 Å². The first-order valence-electron chi connectivity index (χ1n) is 4.77. The first-order chi connectivity index (χ1) is 8.04. The number of rotatable bonds is 2. The first-order valence-corrected chi connectivity index (χ1v) is 5.14. The highest BCUT2D eigenvalue weighted by Crippen LogP contribution is 2.19. The molecule has 88 valence electrons. The van der Waals surface area contributed by atoms with E-state index >= 15 is 0 Å². The molecule has 0 aliphatic carbocycles. The van der Waals surface area contributed by atoms with Crippen molar-refractivity contribution in [2.24, 2.45) is 0 Å². The Hall–Kier alpha value is -2.06. The Bertz CT molecular complexity index is 494. The van der Waals surface area contributed by atoms with Crippen molar-refractivity contribution in [2.75, 3.05) is 11.9 Å². The van der Waals surface area contributed by atoms with Crippen LogP contribution in [0.4, 0.5) is 5.69 Å². The van der Waals surface area contributed by atoms with Crippen LogP contribution in [-0.2, 0) is 9.59 Å². The Labute approximate surface area is 103 Å². The SMILES string of the molecule is Cc1ccc(Cl)cc1NC(=O)C(=O)NCC#N. The molecule has 0 aromatic heterocycles. The van der Waals surface area contributed by atoms with E-state index in [9.17, 15) is 9.59 Å². The molecule has 2 amide bonds. The number of nitrogens with one attached hydrogen (secondary N) is 2. The summed E-state index contributed by atoms with van der Waals surface area (Å²) >= 11 is 5.77. The summed E-state index contributed by atoms with van der Waals surface area (Å²) in [5, 5.41) is 13.3. The van der Waals surface area contributed by atoms with Crippen molar-refractivity contribution in [2.45, 2.75) is 6.92 Å². The normalized spacial score (nSPS) is 9.24. The van der Waals surface area contributed by atoms with Gasteiger partial charge in [-0.3, -0.25) is 9.59 Å². The van der Waals surface area contributed by atoms with E-state index in [1.807, 2.05) is 0 Å². The topological polar surface area (TPSA) is 82.0 Å². The van der Waals surface area contributed by atoms with Crippen LogP contribution in [0.5, 0.6) is 0 Å². The molecule has 6 heteroatoms. The molecule has 0 atom stereocenters. The van der Waals surface area contributed by atoms with Crippen molar-refractivity contribution in [3.05, 3.63) is 28.8 Å². The van der Waals surface area contributed by atoms with Crippen molar-refractivity contribution in [1.29, 1.82) is 5.26 Å². The number of halogens is 1. The summed E-state index contributed by atoms with van der Waals surface area (Å²) in [6.45, 7) is 1.57. The molecule has 1 aromatic carbocycles. The number of hydrogen-bond acceptors (Lipinski definition) is 3. The van der Waals surface area contributed by atoms with Gasteiger partial charge in [0, 0.05) is 10.7 Å². The van der Waals surface area contributed by atoms with E-state index < -0.39 is 11.8 Å². The number of carbonyl (C=O) groups is 2. The number of amides is 2. The molecule has 0 aliphatic rings. The smallest absolute Gasteiger partial charge is 0.313 e. The zero-order valence-corrected chi connectivity index (χ0v) is 9.84. The lowest BCUT2D eigenvalue weighted by Crippen LogP contribution is -2.35. The minimum Gasteiger partial charge on any atom is -0.335 e. The molecule has 0 radical (unpaired) electrons. The van der Waals surface area contributed by atoms with Gasteiger partial charge in [0.05, 0.1) is 6.07 Å². The van der Waals surface area contributed by atoms with E-state index in [1.54, 1.807) is 31.2 Å². The number of carbonyl (C=O) groups excluding carboxylic acids is 2. The third kappa shape index (κ3) is 3.78. The van der Waals surface area contributed by atoms with Crippen LogP contribution >= 0.6 is 11.6 Å². The number of nitrogens with zero attached hydrogens (tertiary/aromatic N) is 1. The zero-order chi connectivity index (χ0) is 12.8. The van der Waals surface area contributed by atoms with E-state index in [-0.39, 0.29) is 6.54 Å². The van der Waals surface area contributed by atoms with Gasteiger partial charge in [-0.2, -0.15) is 5.26 Å². The Kier molecular flexibility index (Phi) is 4.49. The Morgan fingerprint density at radius 2 is 2.12 bits per heavy atom.